The number of rotatable bonds is 4. The standard InChI is InChI=1S/C15H20ClNO5/c1-15(2,3)22-14(20)17(9-13(19)21-4)8-10-7-11(16)5-6-12(10)18/h5-7,18H,8-9H2,1-4H3. The van der Waals surface area contributed by atoms with E-state index in [1.165, 1.54) is 25.3 Å². The molecule has 0 aromatic heterocycles. The van der Waals surface area contributed by atoms with Crippen LogP contribution in [0.25, 0.3) is 0 Å². The molecule has 122 valence electrons. The third-order valence-corrected chi connectivity index (χ3v) is 2.84. The van der Waals surface area contributed by atoms with E-state index in [0.717, 1.165) is 4.90 Å². The molecule has 1 amide bonds. The molecular weight excluding hydrogens is 310 g/mol. The summed E-state index contributed by atoms with van der Waals surface area (Å²) >= 11 is 5.88. The molecule has 0 unspecified atom stereocenters. The van der Waals surface area contributed by atoms with Crippen molar-refractivity contribution in [3.8, 4) is 5.75 Å². The van der Waals surface area contributed by atoms with Crippen LogP contribution in [0.3, 0.4) is 0 Å². The van der Waals surface area contributed by atoms with Gasteiger partial charge in [0.15, 0.2) is 0 Å². The zero-order valence-corrected chi connectivity index (χ0v) is 13.8. The number of phenolic OH excluding ortho intramolecular Hbond substituents is 1. The van der Waals surface area contributed by atoms with E-state index in [0.29, 0.717) is 10.6 Å². The van der Waals surface area contributed by atoms with E-state index in [2.05, 4.69) is 4.74 Å². The summed E-state index contributed by atoms with van der Waals surface area (Å²) in [5.74, 6) is -0.616. The molecule has 0 aliphatic carbocycles. The maximum atomic E-state index is 12.2. The molecule has 7 heteroatoms. The van der Waals surface area contributed by atoms with Crippen molar-refractivity contribution in [2.24, 2.45) is 0 Å². The molecule has 1 N–H and O–H groups in total. The van der Waals surface area contributed by atoms with E-state index in [1.807, 2.05) is 0 Å². The number of phenols is 1. The highest BCUT2D eigenvalue weighted by atomic mass is 35.5. The SMILES string of the molecule is COC(=O)CN(Cc1cc(Cl)ccc1O)C(=O)OC(C)(C)C. The fourth-order valence-electron chi connectivity index (χ4n) is 1.62. The first-order chi connectivity index (χ1) is 10.1. The molecule has 1 aromatic carbocycles. The first-order valence-corrected chi connectivity index (χ1v) is 7.02. The van der Waals surface area contributed by atoms with Crippen LogP contribution in [0.15, 0.2) is 18.2 Å². The minimum atomic E-state index is -0.707. The van der Waals surface area contributed by atoms with E-state index in [4.69, 9.17) is 16.3 Å². The van der Waals surface area contributed by atoms with Gasteiger partial charge >= 0.3 is 12.1 Å². The molecule has 1 aromatic rings. The van der Waals surface area contributed by atoms with Gasteiger partial charge in [-0.05, 0) is 39.0 Å². The van der Waals surface area contributed by atoms with Crippen molar-refractivity contribution in [3.63, 3.8) is 0 Å². The Balaban J connectivity index is 2.97. The summed E-state index contributed by atoms with van der Waals surface area (Å²) in [6.45, 7) is 4.84. The summed E-state index contributed by atoms with van der Waals surface area (Å²) in [6, 6.07) is 4.47. The third kappa shape index (κ3) is 5.81. The summed E-state index contributed by atoms with van der Waals surface area (Å²) in [5.41, 5.74) is -0.302. The Morgan fingerprint density at radius 3 is 2.50 bits per heavy atom. The minimum absolute atomic E-state index is 0.0252. The molecule has 1 rings (SSSR count). The Morgan fingerprint density at radius 1 is 1.32 bits per heavy atom. The first kappa shape index (κ1) is 18.1. The van der Waals surface area contributed by atoms with Crippen molar-refractivity contribution < 1.29 is 24.2 Å². The summed E-state index contributed by atoms with van der Waals surface area (Å²) in [5, 5.41) is 10.2. The molecule has 0 saturated heterocycles. The van der Waals surface area contributed by atoms with Crippen molar-refractivity contribution in [1.82, 2.24) is 4.90 Å². The lowest BCUT2D eigenvalue weighted by atomic mass is 10.2. The maximum absolute atomic E-state index is 12.2. The van der Waals surface area contributed by atoms with Crippen LogP contribution in [0.5, 0.6) is 5.75 Å². The van der Waals surface area contributed by atoms with Gasteiger partial charge in [-0.25, -0.2) is 4.79 Å². The summed E-state index contributed by atoms with van der Waals surface area (Å²) in [7, 11) is 1.23. The van der Waals surface area contributed by atoms with E-state index in [-0.39, 0.29) is 18.8 Å². The molecule has 0 radical (unpaired) electrons. The number of benzene rings is 1. The van der Waals surface area contributed by atoms with Gasteiger partial charge in [0.25, 0.3) is 0 Å². The monoisotopic (exact) mass is 329 g/mol. The number of esters is 1. The summed E-state index contributed by atoms with van der Waals surface area (Å²) in [6.07, 6.45) is -0.683. The van der Waals surface area contributed by atoms with Gasteiger partial charge in [0.1, 0.15) is 17.9 Å². The van der Waals surface area contributed by atoms with Gasteiger partial charge in [-0.2, -0.15) is 0 Å². The van der Waals surface area contributed by atoms with E-state index in [9.17, 15) is 14.7 Å². The molecule has 0 aliphatic rings. The quantitative estimate of drug-likeness (QED) is 0.859. The van der Waals surface area contributed by atoms with Crippen LogP contribution in [-0.4, -0.2) is 41.3 Å². The second kappa shape index (κ2) is 7.35. The smallest absolute Gasteiger partial charge is 0.411 e. The van der Waals surface area contributed by atoms with Crippen molar-refractivity contribution in [3.05, 3.63) is 28.8 Å². The zero-order chi connectivity index (χ0) is 16.9. The van der Waals surface area contributed by atoms with Crippen LogP contribution in [0.2, 0.25) is 5.02 Å². The highest BCUT2D eigenvalue weighted by molar-refractivity contribution is 6.30. The predicted molar refractivity (Wildman–Crippen MR) is 81.8 cm³/mol. The average molecular weight is 330 g/mol. The second-order valence-corrected chi connectivity index (χ2v) is 6.12. The van der Waals surface area contributed by atoms with Crippen LogP contribution in [0, 0.1) is 0 Å². The second-order valence-electron chi connectivity index (χ2n) is 5.69. The predicted octanol–water partition coefficient (Wildman–Crippen LogP) is 2.96. The molecule has 0 aliphatic heterocycles. The molecule has 0 atom stereocenters. The summed E-state index contributed by atoms with van der Waals surface area (Å²) < 4.78 is 9.83. The number of hydrogen-bond acceptors (Lipinski definition) is 5. The lowest BCUT2D eigenvalue weighted by Gasteiger charge is -2.27. The average Bonchev–Trinajstić information content (AvgIpc) is 2.39. The number of nitrogens with zero attached hydrogens (tertiary/aromatic N) is 1. The van der Waals surface area contributed by atoms with Crippen molar-refractivity contribution in [2.45, 2.75) is 32.9 Å². The Labute approximate surface area is 134 Å². The lowest BCUT2D eigenvalue weighted by molar-refractivity contribution is -0.142. The molecule has 0 spiro atoms. The maximum Gasteiger partial charge on any atom is 0.411 e. The van der Waals surface area contributed by atoms with Crippen LogP contribution in [0.1, 0.15) is 26.3 Å². The third-order valence-electron chi connectivity index (χ3n) is 2.60. The summed E-state index contributed by atoms with van der Waals surface area (Å²) in [4.78, 5) is 24.8. The molecule has 0 fully saturated rings. The number of hydrogen-bond donors (Lipinski definition) is 1. The zero-order valence-electron chi connectivity index (χ0n) is 13.1. The van der Waals surface area contributed by atoms with E-state index in [1.54, 1.807) is 20.8 Å². The number of aromatic hydroxyl groups is 1. The largest absolute Gasteiger partial charge is 0.508 e. The molecule has 0 heterocycles. The number of amides is 1. The minimum Gasteiger partial charge on any atom is -0.508 e. The molecule has 22 heavy (non-hydrogen) atoms. The van der Waals surface area contributed by atoms with Gasteiger partial charge in [-0.15, -0.1) is 0 Å². The van der Waals surface area contributed by atoms with Gasteiger partial charge in [0.05, 0.1) is 13.7 Å². The van der Waals surface area contributed by atoms with E-state index >= 15 is 0 Å². The van der Waals surface area contributed by atoms with Crippen LogP contribution in [0.4, 0.5) is 4.79 Å². The Morgan fingerprint density at radius 2 is 1.95 bits per heavy atom. The van der Waals surface area contributed by atoms with Gasteiger partial charge in [0, 0.05) is 10.6 Å². The van der Waals surface area contributed by atoms with Gasteiger partial charge < -0.3 is 14.6 Å². The number of methoxy groups -OCH3 is 1. The Bertz CT molecular complexity index is 553. The first-order valence-electron chi connectivity index (χ1n) is 6.64. The fraction of sp³-hybridized carbons (Fsp3) is 0.467. The number of carbonyl (C=O) groups is 2. The Hall–Kier alpha value is -1.95. The highest BCUT2D eigenvalue weighted by Gasteiger charge is 2.25. The van der Waals surface area contributed by atoms with Gasteiger partial charge in [-0.3, -0.25) is 9.69 Å². The van der Waals surface area contributed by atoms with Gasteiger partial charge in [0.2, 0.25) is 0 Å². The lowest BCUT2D eigenvalue weighted by Crippen LogP contribution is -2.39. The molecule has 0 saturated carbocycles. The number of carbonyl (C=O) groups excluding carboxylic acids is 2. The van der Waals surface area contributed by atoms with Crippen LogP contribution >= 0.6 is 11.6 Å². The van der Waals surface area contributed by atoms with Crippen molar-refractivity contribution in [1.29, 1.82) is 0 Å². The topological polar surface area (TPSA) is 76.1 Å². The van der Waals surface area contributed by atoms with E-state index < -0.39 is 17.7 Å². The Kier molecular flexibility index (Phi) is 6.05. The molecule has 6 nitrogen and oxygen atoms in total. The molecular formula is C15H20ClNO5. The normalized spacial score (nSPS) is 11.0. The highest BCUT2D eigenvalue weighted by Crippen LogP contribution is 2.23. The van der Waals surface area contributed by atoms with Gasteiger partial charge in [-0.1, -0.05) is 11.6 Å². The van der Waals surface area contributed by atoms with Crippen molar-refractivity contribution in [2.75, 3.05) is 13.7 Å². The number of halogens is 1. The van der Waals surface area contributed by atoms with Crippen LogP contribution in [-0.2, 0) is 20.8 Å². The van der Waals surface area contributed by atoms with Crippen molar-refractivity contribution >= 4 is 23.7 Å². The molecule has 0 bridgehead atoms. The fourth-order valence-corrected chi connectivity index (χ4v) is 1.81. The van der Waals surface area contributed by atoms with Crippen LogP contribution < -0.4 is 0 Å². The number of ether oxygens (including phenoxy) is 2.